The van der Waals surface area contributed by atoms with Crippen LogP contribution in [0.25, 0.3) is 0 Å². The Morgan fingerprint density at radius 2 is 1.96 bits per heavy atom. The molecule has 0 aliphatic carbocycles. The Bertz CT molecular complexity index is 1000. The predicted molar refractivity (Wildman–Crippen MR) is 101 cm³/mol. The molecule has 0 saturated carbocycles. The summed E-state index contributed by atoms with van der Waals surface area (Å²) in [5, 5.41) is 6.64. The van der Waals surface area contributed by atoms with Gasteiger partial charge in [-0.3, -0.25) is 9.48 Å². The van der Waals surface area contributed by atoms with Gasteiger partial charge in [0.1, 0.15) is 22.9 Å². The zero-order valence-corrected chi connectivity index (χ0v) is 15.5. The van der Waals surface area contributed by atoms with Crippen molar-refractivity contribution in [3.63, 3.8) is 0 Å². The third-order valence-electron chi connectivity index (χ3n) is 4.31. The number of benzene rings is 1. The van der Waals surface area contributed by atoms with E-state index in [1.165, 1.54) is 4.68 Å². The van der Waals surface area contributed by atoms with Gasteiger partial charge in [-0.25, -0.2) is 4.79 Å². The van der Waals surface area contributed by atoms with Crippen molar-refractivity contribution in [2.45, 2.75) is 19.8 Å². The van der Waals surface area contributed by atoms with Gasteiger partial charge in [-0.2, -0.15) is 5.10 Å². The van der Waals surface area contributed by atoms with Crippen molar-refractivity contribution in [2.24, 2.45) is 7.05 Å². The largest absolute Gasteiger partial charge is 0.497 e. The quantitative estimate of drug-likeness (QED) is 0.724. The number of aromatic nitrogens is 2. The van der Waals surface area contributed by atoms with E-state index < -0.39 is 11.5 Å². The van der Waals surface area contributed by atoms with Crippen molar-refractivity contribution in [2.75, 3.05) is 12.4 Å². The van der Waals surface area contributed by atoms with Crippen LogP contribution in [0.15, 0.2) is 51.8 Å². The molecule has 3 rings (SSSR count). The third-order valence-corrected chi connectivity index (χ3v) is 4.31. The molecular formula is C20H21N3O4. The number of nitrogens with zero attached hydrogens (tertiary/aromatic N) is 2. The lowest BCUT2D eigenvalue weighted by molar-refractivity contribution is 0.102. The standard InChI is InChI=1S/C20H21N3O4/c1-13-12-16(9-6-14-4-7-15(26-3)8-5-14)27-20(25)18(13)19(24)22-17-10-11-21-23(17)2/h4-5,7-8,10-12H,6,9H2,1-3H3,(H,22,24). The maximum atomic E-state index is 12.4. The van der Waals surface area contributed by atoms with E-state index in [0.717, 1.165) is 11.3 Å². The lowest BCUT2D eigenvalue weighted by Crippen LogP contribution is -2.24. The number of methoxy groups -OCH3 is 1. The van der Waals surface area contributed by atoms with Crippen LogP contribution >= 0.6 is 0 Å². The van der Waals surface area contributed by atoms with E-state index in [0.29, 0.717) is 30.0 Å². The molecule has 2 aromatic heterocycles. The number of carbonyl (C=O) groups excluding carboxylic acids is 1. The molecule has 0 spiro atoms. The van der Waals surface area contributed by atoms with Crippen LogP contribution in [0.3, 0.4) is 0 Å². The molecule has 0 atom stereocenters. The first-order chi connectivity index (χ1) is 13.0. The Kier molecular flexibility index (Phi) is 5.40. The summed E-state index contributed by atoms with van der Waals surface area (Å²) < 4.78 is 12.0. The van der Waals surface area contributed by atoms with Gasteiger partial charge in [0.2, 0.25) is 0 Å². The number of ether oxygens (including phenoxy) is 1. The Morgan fingerprint density at radius 1 is 1.22 bits per heavy atom. The summed E-state index contributed by atoms with van der Waals surface area (Å²) in [6, 6.07) is 11.1. The van der Waals surface area contributed by atoms with Crippen LogP contribution in [-0.2, 0) is 19.9 Å². The summed E-state index contributed by atoms with van der Waals surface area (Å²) in [5.41, 5.74) is 1.05. The summed E-state index contributed by atoms with van der Waals surface area (Å²) in [6.45, 7) is 1.73. The van der Waals surface area contributed by atoms with Crippen molar-refractivity contribution in [3.8, 4) is 5.75 Å². The van der Waals surface area contributed by atoms with Gasteiger partial charge in [-0.1, -0.05) is 12.1 Å². The fourth-order valence-corrected chi connectivity index (χ4v) is 2.80. The number of carbonyl (C=O) groups is 1. The van der Waals surface area contributed by atoms with E-state index in [-0.39, 0.29) is 5.56 Å². The lowest BCUT2D eigenvalue weighted by Gasteiger charge is -2.08. The highest BCUT2D eigenvalue weighted by Crippen LogP contribution is 2.15. The smallest absolute Gasteiger partial charge is 0.349 e. The fraction of sp³-hybridized carbons (Fsp3) is 0.250. The second kappa shape index (κ2) is 7.90. The van der Waals surface area contributed by atoms with Crippen molar-refractivity contribution in [3.05, 3.63) is 75.5 Å². The van der Waals surface area contributed by atoms with E-state index in [1.807, 2.05) is 24.3 Å². The molecule has 7 heteroatoms. The summed E-state index contributed by atoms with van der Waals surface area (Å²) in [6.07, 6.45) is 2.84. The number of hydrogen-bond acceptors (Lipinski definition) is 5. The number of hydrogen-bond donors (Lipinski definition) is 1. The Labute approximate surface area is 156 Å². The highest BCUT2D eigenvalue weighted by molar-refractivity contribution is 6.04. The average molecular weight is 367 g/mol. The molecular weight excluding hydrogens is 346 g/mol. The van der Waals surface area contributed by atoms with Crippen LogP contribution in [0.5, 0.6) is 5.75 Å². The normalized spacial score (nSPS) is 10.6. The van der Waals surface area contributed by atoms with Gasteiger partial charge in [0, 0.05) is 19.5 Å². The molecule has 3 aromatic rings. The molecule has 1 amide bonds. The summed E-state index contributed by atoms with van der Waals surface area (Å²) in [5.74, 6) is 1.34. The molecule has 0 saturated heterocycles. The first kappa shape index (κ1) is 18.4. The van der Waals surface area contributed by atoms with Crippen molar-refractivity contribution in [1.29, 1.82) is 0 Å². The van der Waals surface area contributed by atoms with E-state index in [2.05, 4.69) is 10.4 Å². The van der Waals surface area contributed by atoms with Crippen LogP contribution < -0.4 is 15.7 Å². The molecule has 0 radical (unpaired) electrons. The van der Waals surface area contributed by atoms with Gasteiger partial charge < -0.3 is 14.5 Å². The maximum Gasteiger partial charge on any atom is 0.349 e. The zero-order chi connectivity index (χ0) is 19.4. The number of aryl methyl sites for hydroxylation is 4. The third kappa shape index (κ3) is 4.25. The molecule has 0 aliphatic heterocycles. The SMILES string of the molecule is COc1ccc(CCc2cc(C)c(C(=O)Nc3ccnn3C)c(=O)o2)cc1. The number of nitrogens with one attached hydrogen (secondary N) is 1. The Morgan fingerprint density at radius 3 is 2.56 bits per heavy atom. The minimum absolute atomic E-state index is 0.00407. The lowest BCUT2D eigenvalue weighted by atomic mass is 10.1. The van der Waals surface area contributed by atoms with Crippen LogP contribution in [0, 0.1) is 6.92 Å². The highest BCUT2D eigenvalue weighted by atomic mass is 16.5. The first-order valence-corrected chi connectivity index (χ1v) is 8.54. The molecule has 2 heterocycles. The maximum absolute atomic E-state index is 12.4. The Balaban J connectivity index is 1.73. The molecule has 0 fully saturated rings. The van der Waals surface area contributed by atoms with Gasteiger partial charge in [0.25, 0.3) is 5.91 Å². The minimum Gasteiger partial charge on any atom is -0.497 e. The number of amides is 1. The van der Waals surface area contributed by atoms with Crippen molar-refractivity contribution >= 4 is 11.7 Å². The minimum atomic E-state index is -0.639. The summed E-state index contributed by atoms with van der Waals surface area (Å²) in [4.78, 5) is 24.8. The highest BCUT2D eigenvalue weighted by Gasteiger charge is 2.18. The van der Waals surface area contributed by atoms with Gasteiger partial charge in [0.15, 0.2) is 0 Å². The molecule has 0 bridgehead atoms. The van der Waals surface area contributed by atoms with Crippen LogP contribution in [0.4, 0.5) is 5.82 Å². The molecule has 7 nitrogen and oxygen atoms in total. The number of rotatable bonds is 6. The molecule has 27 heavy (non-hydrogen) atoms. The topological polar surface area (TPSA) is 86.4 Å². The van der Waals surface area contributed by atoms with Gasteiger partial charge in [-0.05, 0) is 42.7 Å². The predicted octanol–water partition coefficient (Wildman–Crippen LogP) is 2.73. The molecule has 140 valence electrons. The monoisotopic (exact) mass is 367 g/mol. The van der Waals surface area contributed by atoms with Gasteiger partial charge in [-0.15, -0.1) is 0 Å². The van der Waals surface area contributed by atoms with Gasteiger partial charge >= 0.3 is 5.63 Å². The van der Waals surface area contributed by atoms with E-state index >= 15 is 0 Å². The zero-order valence-electron chi connectivity index (χ0n) is 15.5. The second-order valence-electron chi connectivity index (χ2n) is 6.20. The molecule has 0 aliphatic rings. The van der Waals surface area contributed by atoms with Crippen LogP contribution in [-0.4, -0.2) is 22.8 Å². The van der Waals surface area contributed by atoms with Crippen molar-refractivity contribution in [1.82, 2.24) is 9.78 Å². The summed E-state index contributed by atoms with van der Waals surface area (Å²) >= 11 is 0. The summed E-state index contributed by atoms with van der Waals surface area (Å²) in [7, 11) is 3.33. The second-order valence-corrected chi connectivity index (χ2v) is 6.20. The Hall–Kier alpha value is -3.35. The van der Waals surface area contributed by atoms with E-state index in [9.17, 15) is 9.59 Å². The van der Waals surface area contributed by atoms with E-state index in [4.69, 9.17) is 9.15 Å². The van der Waals surface area contributed by atoms with E-state index in [1.54, 1.807) is 39.4 Å². The van der Waals surface area contributed by atoms with Crippen LogP contribution in [0.1, 0.15) is 27.2 Å². The first-order valence-electron chi connectivity index (χ1n) is 8.54. The number of anilines is 1. The fourth-order valence-electron chi connectivity index (χ4n) is 2.80. The van der Waals surface area contributed by atoms with Gasteiger partial charge in [0.05, 0.1) is 13.3 Å². The van der Waals surface area contributed by atoms with Crippen LogP contribution in [0.2, 0.25) is 0 Å². The van der Waals surface area contributed by atoms with Crippen molar-refractivity contribution < 1.29 is 13.9 Å². The average Bonchev–Trinajstić information content (AvgIpc) is 3.04. The molecule has 1 aromatic carbocycles. The molecule has 1 N–H and O–H groups in total. The molecule has 0 unspecified atom stereocenters.